The lowest BCUT2D eigenvalue weighted by Crippen LogP contribution is -2.14. The van der Waals surface area contributed by atoms with Gasteiger partial charge in [-0.2, -0.15) is 0 Å². The van der Waals surface area contributed by atoms with Crippen molar-refractivity contribution in [2.75, 3.05) is 5.73 Å². The van der Waals surface area contributed by atoms with Crippen molar-refractivity contribution < 1.29 is 12.8 Å². The van der Waals surface area contributed by atoms with Crippen molar-refractivity contribution in [3.05, 3.63) is 30.2 Å². The van der Waals surface area contributed by atoms with Crippen molar-refractivity contribution in [3.63, 3.8) is 0 Å². The van der Waals surface area contributed by atoms with Crippen LogP contribution in [0.4, 0.5) is 5.69 Å². The zero-order chi connectivity index (χ0) is 13.3. The molecule has 0 saturated carbocycles. The third kappa shape index (κ3) is 2.84. The molecule has 1 aromatic heterocycles. The van der Waals surface area contributed by atoms with Crippen LogP contribution in [0, 0.1) is 6.92 Å². The summed E-state index contributed by atoms with van der Waals surface area (Å²) in [4.78, 5) is 4.76. The quantitative estimate of drug-likeness (QED) is 0.823. The highest BCUT2D eigenvalue weighted by Crippen LogP contribution is 2.30. The molecular weight excluding hydrogens is 274 g/mol. The van der Waals surface area contributed by atoms with E-state index in [1.807, 2.05) is 6.92 Å². The van der Waals surface area contributed by atoms with Crippen LogP contribution in [0.5, 0.6) is 0 Å². The SMILES string of the molecule is Cc1coc(Sc2ccc(S(N)(=O)=O)c(N)c2)n1. The van der Waals surface area contributed by atoms with Crippen LogP contribution < -0.4 is 10.9 Å². The second-order valence-electron chi connectivity index (χ2n) is 3.60. The molecule has 1 aromatic carbocycles. The van der Waals surface area contributed by atoms with Crippen LogP contribution in [-0.4, -0.2) is 13.4 Å². The molecule has 0 aliphatic heterocycles. The van der Waals surface area contributed by atoms with Crippen LogP contribution in [0.3, 0.4) is 0 Å². The lowest BCUT2D eigenvalue weighted by Gasteiger charge is -2.04. The fraction of sp³-hybridized carbons (Fsp3) is 0.100. The summed E-state index contributed by atoms with van der Waals surface area (Å²) >= 11 is 1.25. The maximum absolute atomic E-state index is 11.2. The summed E-state index contributed by atoms with van der Waals surface area (Å²) in [6.45, 7) is 1.81. The average Bonchev–Trinajstić information content (AvgIpc) is 2.62. The largest absolute Gasteiger partial charge is 0.439 e. The van der Waals surface area contributed by atoms with Gasteiger partial charge in [0.25, 0.3) is 5.22 Å². The lowest BCUT2D eigenvalue weighted by atomic mass is 10.3. The van der Waals surface area contributed by atoms with E-state index in [0.29, 0.717) is 5.22 Å². The number of hydrogen-bond acceptors (Lipinski definition) is 6. The standard InChI is InChI=1S/C10H11N3O3S2/c1-6-5-16-10(13-6)17-7-2-3-9(8(11)4-7)18(12,14)15/h2-5H,11H2,1H3,(H2,12,14,15). The first-order chi connectivity index (χ1) is 8.36. The number of sulfonamides is 1. The van der Waals surface area contributed by atoms with Crippen LogP contribution in [0.1, 0.15) is 5.69 Å². The Labute approximate surface area is 108 Å². The molecule has 6 nitrogen and oxygen atoms in total. The van der Waals surface area contributed by atoms with E-state index in [4.69, 9.17) is 15.3 Å². The van der Waals surface area contributed by atoms with Crippen molar-refractivity contribution >= 4 is 27.5 Å². The Hall–Kier alpha value is -1.51. The summed E-state index contributed by atoms with van der Waals surface area (Å²) < 4.78 is 27.5. The molecule has 2 rings (SSSR count). The van der Waals surface area contributed by atoms with Gasteiger partial charge in [-0.05, 0) is 36.9 Å². The predicted octanol–water partition coefficient (Wildman–Crippen LogP) is 1.36. The maximum atomic E-state index is 11.2. The van der Waals surface area contributed by atoms with Crippen LogP contribution in [-0.2, 0) is 10.0 Å². The van der Waals surface area contributed by atoms with E-state index in [-0.39, 0.29) is 10.6 Å². The molecule has 0 amide bonds. The first-order valence-electron chi connectivity index (χ1n) is 4.88. The molecule has 0 aliphatic carbocycles. The third-order valence-electron chi connectivity index (χ3n) is 2.09. The fourth-order valence-corrected chi connectivity index (χ4v) is 2.78. The first-order valence-corrected chi connectivity index (χ1v) is 7.25. The molecule has 0 spiro atoms. The number of anilines is 1. The Morgan fingerprint density at radius 2 is 2.11 bits per heavy atom. The summed E-state index contributed by atoms with van der Waals surface area (Å²) in [5, 5.41) is 5.49. The number of aromatic nitrogens is 1. The number of nitrogens with two attached hydrogens (primary N) is 2. The number of rotatable bonds is 3. The molecule has 96 valence electrons. The Bertz CT molecular complexity index is 679. The summed E-state index contributed by atoms with van der Waals surface area (Å²) in [7, 11) is -3.79. The van der Waals surface area contributed by atoms with Gasteiger partial charge in [0.1, 0.15) is 11.2 Å². The zero-order valence-electron chi connectivity index (χ0n) is 9.45. The minimum absolute atomic E-state index is 0.0876. The van der Waals surface area contributed by atoms with Crippen molar-refractivity contribution in [1.82, 2.24) is 4.98 Å². The number of oxazole rings is 1. The van der Waals surface area contributed by atoms with E-state index in [1.54, 1.807) is 6.07 Å². The van der Waals surface area contributed by atoms with Crippen LogP contribution in [0.15, 0.2) is 43.9 Å². The van der Waals surface area contributed by atoms with E-state index < -0.39 is 10.0 Å². The van der Waals surface area contributed by atoms with Crippen molar-refractivity contribution in [2.45, 2.75) is 21.9 Å². The highest BCUT2D eigenvalue weighted by atomic mass is 32.2. The Kier molecular flexibility index (Phi) is 3.33. The van der Waals surface area contributed by atoms with E-state index in [0.717, 1.165) is 10.6 Å². The molecule has 8 heteroatoms. The minimum atomic E-state index is -3.79. The molecule has 0 saturated heterocycles. The maximum Gasteiger partial charge on any atom is 0.260 e. The highest BCUT2D eigenvalue weighted by Gasteiger charge is 2.13. The van der Waals surface area contributed by atoms with Crippen molar-refractivity contribution in [1.29, 1.82) is 0 Å². The molecule has 18 heavy (non-hydrogen) atoms. The fourth-order valence-electron chi connectivity index (χ4n) is 1.33. The lowest BCUT2D eigenvalue weighted by molar-refractivity contribution is 0.454. The topological polar surface area (TPSA) is 112 Å². The number of primary sulfonamides is 1. The molecule has 1 heterocycles. The summed E-state index contributed by atoms with van der Waals surface area (Å²) in [5.74, 6) is 0. The van der Waals surface area contributed by atoms with Gasteiger partial charge in [-0.25, -0.2) is 18.5 Å². The molecular formula is C10H11N3O3S2. The molecule has 2 aromatic rings. The first kappa shape index (κ1) is 12.9. The van der Waals surface area contributed by atoms with E-state index in [9.17, 15) is 8.42 Å². The van der Waals surface area contributed by atoms with Crippen LogP contribution in [0.25, 0.3) is 0 Å². The van der Waals surface area contributed by atoms with Gasteiger partial charge < -0.3 is 10.2 Å². The van der Waals surface area contributed by atoms with Gasteiger partial charge in [0.2, 0.25) is 10.0 Å². The number of aryl methyl sites for hydroxylation is 1. The molecule has 0 fully saturated rings. The zero-order valence-corrected chi connectivity index (χ0v) is 11.1. The summed E-state index contributed by atoms with van der Waals surface area (Å²) in [6, 6.07) is 4.48. The van der Waals surface area contributed by atoms with Gasteiger partial charge >= 0.3 is 0 Å². The number of hydrogen-bond donors (Lipinski definition) is 2. The van der Waals surface area contributed by atoms with Crippen LogP contribution in [0.2, 0.25) is 0 Å². The second-order valence-corrected chi connectivity index (χ2v) is 6.16. The molecule has 0 aliphatic rings. The number of nitrogen functional groups attached to an aromatic ring is 1. The van der Waals surface area contributed by atoms with Gasteiger partial charge in [0.15, 0.2) is 0 Å². The third-order valence-corrected chi connectivity index (χ3v) is 3.93. The van der Waals surface area contributed by atoms with Gasteiger partial charge in [0, 0.05) is 4.90 Å². The van der Waals surface area contributed by atoms with Crippen LogP contribution >= 0.6 is 11.8 Å². The Morgan fingerprint density at radius 1 is 1.39 bits per heavy atom. The van der Waals surface area contributed by atoms with Gasteiger partial charge in [-0.3, -0.25) is 0 Å². The van der Waals surface area contributed by atoms with Gasteiger partial charge in [-0.1, -0.05) is 0 Å². The molecule has 0 atom stereocenters. The Balaban J connectivity index is 2.30. The average molecular weight is 285 g/mol. The molecule has 0 unspecified atom stereocenters. The van der Waals surface area contributed by atoms with E-state index >= 15 is 0 Å². The van der Waals surface area contributed by atoms with Gasteiger partial charge in [-0.15, -0.1) is 0 Å². The monoisotopic (exact) mass is 285 g/mol. The normalized spacial score (nSPS) is 11.7. The molecule has 0 bridgehead atoms. The smallest absolute Gasteiger partial charge is 0.260 e. The Morgan fingerprint density at radius 3 is 2.61 bits per heavy atom. The molecule has 0 radical (unpaired) electrons. The highest BCUT2D eigenvalue weighted by molar-refractivity contribution is 7.99. The van der Waals surface area contributed by atoms with E-state index in [1.165, 1.54) is 30.2 Å². The second kappa shape index (κ2) is 4.63. The predicted molar refractivity (Wildman–Crippen MR) is 67.6 cm³/mol. The van der Waals surface area contributed by atoms with Crippen molar-refractivity contribution in [2.24, 2.45) is 5.14 Å². The van der Waals surface area contributed by atoms with Crippen molar-refractivity contribution in [3.8, 4) is 0 Å². The minimum Gasteiger partial charge on any atom is -0.439 e. The van der Waals surface area contributed by atoms with E-state index in [2.05, 4.69) is 4.98 Å². The number of benzene rings is 1. The summed E-state index contributed by atoms with van der Waals surface area (Å²) in [6.07, 6.45) is 1.53. The molecule has 4 N–H and O–H groups in total. The number of nitrogens with zero attached hydrogens (tertiary/aromatic N) is 1. The summed E-state index contributed by atoms with van der Waals surface area (Å²) in [5.41, 5.74) is 6.52. The van der Waals surface area contributed by atoms with Gasteiger partial charge in [0.05, 0.1) is 11.4 Å².